The SMILES string of the molecule is CCC1OC(=O)C(C)C(C(C)C)C(C)C(OC2OC(C)CC(N(C)C)C2P=O)C(C)(O)CC(C)C(O)C(C)C2OC(=O)OC12C. The topological polar surface area (TPSA) is 141 Å². The van der Waals surface area contributed by atoms with Crippen LogP contribution in [0.25, 0.3) is 0 Å². The van der Waals surface area contributed by atoms with Crippen LogP contribution in [-0.2, 0) is 33.0 Å². The summed E-state index contributed by atoms with van der Waals surface area (Å²) in [6, 6.07) is -0.0790. The Morgan fingerprint density at radius 3 is 2.22 bits per heavy atom. The Morgan fingerprint density at radius 1 is 1.07 bits per heavy atom. The molecule has 0 amide bonds. The van der Waals surface area contributed by atoms with E-state index in [4.69, 9.17) is 23.7 Å². The smallest absolute Gasteiger partial charge is 0.458 e. The Labute approximate surface area is 271 Å². The van der Waals surface area contributed by atoms with Gasteiger partial charge in [-0.25, -0.2) is 4.79 Å². The lowest BCUT2D eigenvalue weighted by Crippen LogP contribution is -2.58. The first-order chi connectivity index (χ1) is 20.8. The van der Waals surface area contributed by atoms with Crippen molar-refractivity contribution in [2.75, 3.05) is 14.1 Å². The molecule has 11 nitrogen and oxygen atoms in total. The average molecular weight is 660 g/mol. The molecule has 3 aliphatic rings. The quantitative estimate of drug-likeness (QED) is 0.293. The second-order valence-corrected chi connectivity index (χ2v) is 15.8. The van der Waals surface area contributed by atoms with E-state index in [1.54, 1.807) is 20.8 Å². The molecule has 45 heavy (non-hydrogen) atoms. The van der Waals surface area contributed by atoms with Crippen molar-refractivity contribution in [1.82, 2.24) is 4.90 Å². The van der Waals surface area contributed by atoms with E-state index in [-0.39, 0.29) is 38.9 Å². The van der Waals surface area contributed by atoms with Gasteiger partial charge in [0.2, 0.25) is 0 Å². The van der Waals surface area contributed by atoms with Crippen molar-refractivity contribution >= 4 is 20.6 Å². The van der Waals surface area contributed by atoms with Gasteiger partial charge in [-0.3, -0.25) is 9.36 Å². The minimum Gasteiger partial charge on any atom is -0.458 e. The lowest BCUT2D eigenvalue weighted by molar-refractivity contribution is -0.264. The van der Waals surface area contributed by atoms with E-state index in [1.165, 1.54) is 0 Å². The molecular formula is C33H58NO10P. The van der Waals surface area contributed by atoms with Crippen LogP contribution in [0.2, 0.25) is 0 Å². The zero-order valence-electron chi connectivity index (χ0n) is 29.3. The van der Waals surface area contributed by atoms with Gasteiger partial charge in [-0.2, -0.15) is 0 Å². The second kappa shape index (κ2) is 14.8. The van der Waals surface area contributed by atoms with Crippen molar-refractivity contribution in [3.8, 4) is 0 Å². The van der Waals surface area contributed by atoms with E-state index in [2.05, 4.69) is 0 Å². The first-order valence-corrected chi connectivity index (χ1v) is 17.5. The Kier molecular flexibility index (Phi) is 12.5. The van der Waals surface area contributed by atoms with Gasteiger partial charge in [0, 0.05) is 12.0 Å². The maximum absolute atomic E-state index is 13.9. The van der Waals surface area contributed by atoms with Crippen molar-refractivity contribution in [2.24, 2.45) is 35.5 Å². The van der Waals surface area contributed by atoms with Crippen molar-refractivity contribution in [3.05, 3.63) is 0 Å². The van der Waals surface area contributed by atoms with Crippen LogP contribution in [0, 0.1) is 35.5 Å². The maximum atomic E-state index is 13.9. The highest BCUT2D eigenvalue weighted by Gasteiger charge is 2.59. The third-order valence-corrected chi connectivity index (χ3v) is 11.6. The fraction of sp³-hybridized carbons (Fsp3) is 0.939. The van der Waals surface area contributed by atoms with Gasteiger partial charge in [0.25, 0.3) is 0 Å². The Morgan fingerprint density at radius 2 is 1.69 bits per heavy atom. The molecule has 3 heterocycles. The number of fused-ring (bicyclic) bond motifs is 1. The summed E-state index contributed by atoms with van der Waals surface area (Å²) in [6.07, 6.45) is -4.35. The summed E-state index contributed by atoms with van der Waals surface area (Å²) >= 11 is 0. The molecule has 15 unspecified atom stereocenters. The molecule has 0 spiro atoms. The van der Waals surface area contributed by atoms with E-state index in [0.29, 0.717) is 12.8 Å². The van der Waals surface area contributed by atoms with E-state index in [9.17, 15) is 24.4 Å². The van der Waals surface area contributed by atoms with Gasteiger partial charge in [-0.15, -0.1) is 0 Å². The Hall–Kier alpha value is -1.36. The number of hydrogen-bond acceptors (Lipinski definition) is 11. The van der Waals surface area contributed by atoms with Gasteiger partial charge < -0.3 is 38.8 Å². The molecule has 0 aromatic rings. The Balaban J connectivity index is 2.13. The van der Waals surface area contributed by atoms with Crippen LogP contribution in [0.15, 0.2) is 0 Å². The van der Waals surface area contributed by atoms with Crippen molar-refractivity contribution in [3.63, 3.8) is 0 Å². The number of hydrogen-bond donors (Lipinski definition) is 2. The molecule has 12 heteroatoms. The number of esters is 1. The first kappa shape index (κ1) is 38.1. The summed E-state index contributed by atoms with van der Waals surface area (Å²) < 4.78 is 43.0. The number of aliphatic hydroxyl groups excluding tert-OH is 1. The highest BCUT2D eigenvalue weighted by molar-refractivity contribution is 7.24. The van der Waals surface area contributed by atoms with Crippen LogP contribution in [0.4, 0.5) is 4.79 Å². The highest BCUT2D eigenvalue weighted by atomic mass is 31.1. The molecule has 0 saturated carbocycles. The van der Waals surface area contributed by atoms with E-state index in [0.717, 1.165) is 0 Å². The van der Waals surface area contributed by atoms with Crippen LogP contribution < -0.4 is 0 Å². The van der Waals surface area contributed by atoms with Crippen LogP contribution >= 0.6 is 8.46 Å². The minimum atomic E-state index is -1.51. The van der Waals surface area contributed by atoms with Gasteiger partial charge in [0.1, 0.15) is 11.8 Å². The molecule has 0 aliphatic carbocycles. The summed E-state index contributed by atoms with van der Waals surface area (Å²) in [4.78, 5) is 28.4. The molecule has 0 aromatic heterocycles. The van der Waals surface area contributed by atoms with Gasteiger partial charge in [0.15, 0.2) is 26.5 Å². The number of ether oxygens (including phenoxy) is 5. The molecule has 3 aliphatic heterocycles. The molecule has 3 saturated heterocycles. The van der Waals surface area contributed by atoms with Crippen LogP contribution in [-0.4, -0.2) is 101 Å². The number of nitrogens with zero attached hydrogens (tertiary/aromatic N) is 1. The molecule has 15 atom stereocenters. The highest BCUT2D eigenvalue weighted by Crippen LogP contribution is 2.45. The number of carbonyl (C=O) groups excluding carboxylic acids is 2. The second-order valence-electron chi connectivity index (χ2n) is 15.0. The zero-order chi connectivity index (χ0) is 34.2. The van der Waals surface area contributed by atoms with E-state index in [1.807, 2.05) is 67.5 Å². The predicted octanol–water partition coefficient (Wildman–Crippen LogP) is 5.05. The van der Waals surface area contributed by atoms with Crippen LogP contribution in [0.5, 0.6) is 0 Å². The van der Waals surface area contributed by atoms with Gasteiger partial charge >= 0.3 is 12.1 Å². The minimum absolute atomic E-state index is 0.0226. The maximum Gasteiger partial charge on any atom is 0.509 e. The monoisotopic (exact) mass is 659 g/mol. The third kappa shape index (κ3) is 7.86. The lowest BCUT2D eigenvalue weighted by Gasteiger charge is -2.48. The number of cyclic esters (lactones) is 1. The number of rotatable bonds is 6. The van der Waals surface area contributed by atoms with E-state index < -0.39 is 83.4 Å². The Bertz CT molecular complexity index is 1040. The first-order valence-electron chi connectivity index (χ1n) is 16.6. The molecular weight excluding hydrogens is 601 g/mol. The predicted molar refractivity (Wildman–Crippen MR) is 169 cm³/mol. The fourth-order valence-electron chi connectivity index (χ4n) is 8.55. The fourth-order valence-corrected chi connectivity index (χ4v) is 9.32. The molecule has 3 rings (SSSR count). The molecule has 0 aromatic carbocycles. The summed E-state index contributed by atoms with van der Waals surface area (Å²) in [5, 5.41) is 24.0. The van der Waals surface area contributed by atoms with Crippen LogP contribution in [0.3, 0.4) is 0 Å². The van der Waals surface area contributed by atoms with Gasteiger partial charge in [-0.05, 0) is 77.8 Å². The lowest BCUT2D eigenvalue weighted by atomic mass is 9.68. The summed E-state index contributed by atoms with van der Waals surface area (Å²) in [5.41, 5.74) is -3.33. The molecule has 0 bridgehead atoms. The number of aliphatic hydroxyl groups is 2. The summed E-state index contributed by atoms with van der Waals surface area (Å²) in [7, 11) is 3.75. The average Bonchev–Trinajstić information content (AvgIpc) is 3.26. The van der Waals surface area contributed by atoms with Gasteiger partial charge in [-0.1, -0.05) is 48.5 Å². The van der Waals surface area contributed by atoms with E-state index >= 15 is 0 Å². The van der Waals surface area contributed by atoms with Crippen molar-refractivity contribution < 1.29 is 48.1 Å². The zero-order valence-corrected chi connectivity index (χ0v) is 30.2. The molecule has 0 radical (unpaired) electrons. The molecule has 260 valence electrons. The number of carbonyl (C=O) groups is 2. The van der Waals surface area contributed by atoms with Crippen molar-refractivity contribution in [2.45, 2.75) is 148 Å². The largest absolute Gasteiger partial charge is 0.509 e. The molecule has 2 N–H and O–H groups in total. The summed E-state index contributed by atoms with van der Waals surface area (Å²) in [5.74, 6) is -2.89. The molecule has 3 fully saturated rings. The standard InChI is InChI=1S/C33H58NO10P/c1-13-23-33(10)28(43-31(37)44-33)21(8)25(35)17(4)15-32(9,38)27(19(6)24(16(2)3)20(7)29(36)41-23)42-30-26(45-39)22(34(11)12)14-18(5)40-30/h16-28,30,35,38H,13-15H2,1-12H3. The normalized spacial score (nSPS) is 47.2. The van der Waals surface area contributed by atoms with Crippen molar-refractivity contribution in [1.29, 1.82) is 0 Å². The summed E-state index contributed by atoms with van der Waals surface area (Å²) in [6.45, 7) is 18.6. The van der Waals surface area contributed by atoms with Gasteiger partial charge in [0.05, 0.1) is 29.8 Å². The van der Waals surface area contributed by atoms with Crippen LogP contribution in [0.1, 0.15) is 88.5 Å². The third-order valence-electron chi connectivity index (χ3n) is 10.8.